The molecule has 2 aliphatic rings. The number of fused-ring (bicyclic) bond motifs is 14. The fraction of sp³-hybridized carbons (Fsp3) is 0. The van der Waals surface area contributed by atoms with Gasteiger partial charge in [-0.3, -0.25) is 0 Å². The van der Waals surface area contributed by atoms with E-state index in [2.05, 4.69) is 158 Å². The molecular formula is C52H32N2O2Se2. The Morgan fingerprint density at radius 3 is 0.931 bits per heavy atom. The fourth-order valence-electron chi connectivity index (χ4n) is 7.78. The third kappa shape index (κ3) is 6.34. The second-order valence-corrected chi connectivity index (χ2v) is 18.6. The van der Waals surface area contributed by atoms with Crippen LogP contribution in [0.15, 0.2) is 179 Å². The standard InChI is InChI=1S/C52H32N2O2Se2/c1-5-13-33(14-6-1)49-37-21-23-39(53-37)51(35-17-9-3-10-18-35)47-31-29-45(57-47)46-30-32-48(58-46)52(36-19-11-4-12-20-36)40-24-22-38(54-40)50(34-15-7-2-8-16-34)44-28-26-42(56-44)41-25-27-43(49)55-41/h1-32H. The number of aromatic nitrogens is 2. The van der Waals surface area contributed by atoms with Crippen LogP contribution in [-0.4, -0.2) is 39.0 Å². The Morgan fingerprint density at radius 1 is 0.276 bits per heavy atom. The Kier molecular flexibility index (Phi) is 8.84. The molecule has 0 fully saturated rings. The number of nitrogens with zero attached hydrogens (tertiary/aromatic N) is 2. The number of hydrogen-bond acceptors (Lipinski definition) is 4. The summed E-state index contributed by atoms with van der Waals surface area (Å²) >= 11 is 0.165. The molecule has 0 aliphatic carbocycles. The second-order valence-electron chi connectivity index (χ2n) is 14.1. The Labute approximate surface area is 346 Å². The van der Waals surface area contributed by atoms with Crippen molar-refractivity contribution < 1.29 is 8.83 Å². The van der Waals surface area contributed by atoms with Gasteiger partial charge in [0.25, 0.3) is 0 Å². The molecule has 6 heteroatoms. The molecule has 12 bridgehead atoms. The van der Waals surface area contributed by atoms with E-state index in [1.165, 1.54) is 28.2 Å². The molecule has 0 saturated carbocycles. The van der Waals surface area contributed by atoms with E-state index >= 15 is 0 Å². The Hall–Kier alpha value is -6.52. The van der Waals surface area contributed by atoms with E-state index < -0.39 is 0 Å². The first-order valence-electron chi connectivity index (χ1n) is 19.1. The maximum absolute atomic E-state index is 6.72. The normalized spacial score (nSPS) is 12.0. The van der Waals surface area contributed by atoms with Gasteiger partial charge in [0, 0.05) is 0 Å². The topological polar surface area (TPSA) is 52.1 Å². The van der Waals surface area contributed by atoms with Crippen LogP contribution in [0.2, 0.25) is 0 Å². The van der Waals surface area contributed by atoms with Gasteiger partial charge in [-0.2, -0.15) is 0 Å². The van der Waals surface area contributed by atoms with E-state index in [4.69, 9.17) is 18.8 Å². The summed E-state index contributed by atoms with van der Waals surface area (Å²) in [5.41, 5.74) is 14.9. The van der Waals surface area contributed by atoms with E-state index in [-0.39, 0.29) is 29.0 Å². The number of rotatable bonds is 4. The molecule has 7 heterocycles. The van der Waals surface area contributed by atoms with Gasteiger partial charge in [-0.25, -0.2) is 0 Å². The molecule has 274 valence electrons. The predicted octanol–water partition coefficient (Wildman–Crippen LogP) is 13.4. The van der Waals surface area contributed by atoms with Crippen molar-refractivity contribution in [2.45, 2.75) is 0 Å². The molecular weight excluding hydrogens is 843 g/mol. The monoisotopic (exact) mass is 876 g/mol. The molecule has 0 spiro atoms. The first-order chi connectivity index (χ1) is 28.7. The summed E-state index contributed by atoms with van der Waals surface area (Å²) in [5, 5.41) is 0. The average molecular weight is 875 g/mol. The molecule has 0 radical (unpaired) electrons. The SMILES string of the molecule is C1=Cc2nc1c(-c1ccccc1)c1ccc(o1)c1ccc(o1)c(-c1ccccc1)c1nc(c(-c3ccccc3)c3ccc([se]3)c3ccc([se]3)c2-c2ccccc2)C=C1. The van der Waals surface area contributed by atoms with Crippen LogP contribution in [-0.2, 0) is 0 Å². The second kappa shape index (κ2) is 14.8. The molecule has 9 aromatic rings. The van der Waals surface area contributed by atoms with Crippen LogP contribution in [0.3, 0.4) is 0 Å². The minimum absolute atomic E-state index is 0.0823. The molecule has 0 unspecified atom stereocenters. The van der Waals surface area contributed by atoms with Gasteiger partial charge in [0.1, 0.15) is 0 Å². The summed E-state index contributed by atoms with van der Waals surface area (Å²) in [6.45, 7) is 0. The van der Waals surface area contributed by atoms with Crippen molar-refractivity contribution in [3.63, 3.8) is 0 Å². The third-order valence-corrected chi connectivity index (χ3v) is 15.9. The molecule has 4 nitrogen and oxygen atoms in total. The quantitative estimate of drug-likeness (QED) is 0.165. The zero-order chi connectivity index (χ0) is 38.4. The van der Waals surface area contributed by atoms with Gasteiger partial charge < -0.3 is 0 Å². The van der Waals surface area contributed by atoms with Crippen molar-refractivity contribution in [2.75, 3.05) is 0 Å². The molecule has 58 heavy (non-hydrogen) atoms. The first kappa shape index (κ1) is 34.7. The molecule has 11 rings (SSSR count). The molecule has 0 amide bonds. The predicted molar refractivity (Wildman–Crippen MR) is 243 cm³/mol. The van der Waals surface area contributed by atoms with Crippen LogP contribution < -0.4 is 0 Å². The van der Waals surface area contributed by atoms with Crippen molar-refractivity contribution in [1.29, 1.82) is 0 Å². The van der Waals surface area contributed by atoms with Gasteiger partial charge in [-0.05, 0) is 0 Å². The molecule has 5 aromatic heterocycles. The van der Waals surface area contributed by atoms with Crippen LogP contribution in [0.25, 0.3) is 108 Å². The molecule has 2 aliphatic heterocycles. The summed E-state index contributed by atoms with van der Waals surface area (Å²) in [6.07, 6.45) is 8.58. The number of benzene rings is 4. The van der Waals surface area contributed by atoms with Crippen molar-refractivity contribution in [1.82, 2.24) is 9.97 Å². The van der Waals surface area contributed by atoms with Crippen molar-refractivity contribution in [2.24, 2.45) is 0 Å². The van der Waals surface area contributed by atoms with Crippen LogP contribution in [0.4, 0.5) is 0 Å². The Balaban J connectivity index is 1.29. The van der Waals surface area contributed by atoms with Crippen molar-refractivity contribution >= 4 is 92.7 Å². The van der Waals surface area contributed by atoms with Crippen LogP contribution in [0.1, 0.15) is 22.8 Å². The summed E-state index contributed by atoms with van der Waals surface area (Å²) in [7, 11) is 0. The zero-order valence-electron chi connectivity index (χ0n) is 31.0. The number of hydrogen-bond donors (Lipinski definition) is 0. The van der Waals surface area contributed by atoms with E-state index in [1.807, 2.05) is 36.4 Å². The van der Waals surface area contributed by atoms with Gasteiger partial charge in [-0.1, -0.05) is 0 Å². The van der Waals surface area contributed by atoms with Crippen LogP contribution in [0, 0.1) is 0 Å². The first-order valence-corrected chi connectivity index (χ1v) is 22.6. The van der Waals surface area contributed by atoms with E-state index in [9.17, 15) is 0 Å². The Morgan fingerprint density at radius 2 is 0.569 bits per heavy atom. The van der Waals surface area contributed by atoms with E-state index in [0.717, 1.165) is 67.3 Å². The average Bonchev–Trinajstić information content (AvgIpc) is 4.13. The van der Waals surface area contributed by atoms with E-state index in [1.54, 1.807) is 0 Å². The molecule has 0 saturated heterocycles. The van der Waals surface area contributed by atoms with Crippen LogP contribution in [0.5, 0.6) is 0 Å². The Bertz CT molecular complexity index is 2880. The molecule has 0 atom stereocenters. The summed E-state index contributed by atoms with van der Waals surface area (Å²) in [4.78, 5) is 10.8. The number of furan rings is 2. The maximum atomic E-state index is 6.72. The molecule has 0 N–H and O–H groups in total. The van der Waals surface area contributed by atoms with Gasteiger partial charge in [0.2, 0.25) is 0 Å². The van der Waals surface area contributed by atoms with Gasteiger partial charge in [-0.15, -0.1) is 0 Å². The van der Waals surface area contributed by atoms with Gasteiger partial charge in [0.05, 0.1) is 0 Å². The molecule has 4 aromatic carbocycles. The zero-order valence-corrected chi connectivity index (χ0v) is 34.4. The third-order valence-electron chi connectivity index (χ3n) is 10.4. The van der Waals surface area contributed by atoms with Crippen LogP contribution >= 0.6 is 0 Å². The van der Waals surface area contributed by atoms with E-state index in [0.29, 0.717) is 11.2 Å². The minimum atomic E-state index is 0.0823. The van der Waals surface area contributed by atoms with Gasteiger partial charge >= 0.3 is 349 Å². The summed E-state index contributed by atoms with van der Waals surface area (Å²) < 4.78 is 18.9. The summed E-state index contributed by atoms with van der Waals surface area (Å²) in [6, 6.07) is 59.5. The fourth-order valence-corrected chi connectivity index (χ4v) is 12.9. The van der Waals surface area contributed by atoms with Gasteiger partial charge in [0.15, 0.2) is 0 Å². The summed E-state index contributed by atoms with van der Waals surface area (Å²) in [5.74, 6) is 0. The van der Waals surface area contributed by atoms with Crippen molar-refractivity contribution in [3.8, 4) is 44.5 Å². The van der Waals surface area contributed by atoms with Crippen molar-refractivity contribution in [3.05, 3.63) is 193 Å².